The van der Waals surface area contributed by atoms with Gasteiger partial charge in [-0.2, -0.15) is 4.98 Å². The summed E-state index contributed by atoms with van der Waals surface area (Å²) in [5.74, 6) is -1.15. The largest absolute Gasteiger partial charge is 0.343 e. The lowest BCUT2D eigenvalue weighted by Gasteiger charge is -2.32. The highest BCUT2D eigenvalue weighted by Crippen LogP contribution is 2.33. The van der Waals surface area contributed by atoms with E-state index < -0.39 is 23.8 Å². The number of amides is 4. The van der Waals surface area contributed by atoms with Crippen molar-refractivity contribution in [2.75, 3.05) is 6.54 Å². The van der Waals surface area contributed by atoms with Crippen molar-refractivity contribution in [1.29, 1.82) is 0 Å². The maximum Gasteiger partial charge on any atom is 0.330 e. The summed E-state index contributed by atoms with van der Waals surface area (Å²) in [5.41, 5.74) is 0. The molecule has 2 heterocycles. The molecule has 0 spiro atoms. The van der Waals surface area contributed by atoms with Crippen LogP contribution in [0.2, 0.25) is 0 Å². The van der Waals surface area contributed by atoms with Crippen LogP contribution in [-0.4, -0.2) is 39.4 Å². The molecule has 1 aromatic heterocycles. The maximum absolute atomic E-state index is 12.5. The molecular formula is C13H16N4O4. The number of hydrogen-bond donors (Lipinski definition) is 1. The lowest BCUT2D eigenvalue weighted by atomic mass is 9.87. The smallest absolute Gasteiger partial charge is 0.330 e. The molecule has 1 saturated heterocycles. The van der Waals surface area contributed by atoms with Gasteiger partial charge in [0.15, 0.2) is 5.82 Å². The minimum absolute atomic E-state index is 0.0401. The summed E-state index contributed by atoms with van der Waals surface area (Å²) in [6.07, 6.45) is 5.27. The molecule has 1 saturated carbocycles. The van der Waals surface area contributed by atoms with Crippen LogP contribution in [0.5, 0.6) is 0 Å². The number of hydrogen-bond acceptors (Lipinski definition) is 6. The Bertz CT molecular complexity index is 551. The molecule has 112 valence electrons. The lowest BCUT2D eigenvalue weighted by molar-refractivity contribution is -0.145. The van der Waals surface area contributed by atoms with Crippen LogP contribution in [-0.2, 0) is 16.0 Å². The van der Waals surface area contributed by atoms with Crippen LogP contribution in [0.25, 0.3) is 0 Å². The molecule has 0 aromatic carbocycles. The van der Waals surface area contributed by atoms with Gasteiger partial charge in [-0.25, -0.2) is 4.79 Å². The van der Waals surface area contributed by atoms with Crippen LogP contribution in [0.15, 0.2) is 10.9 Å². The Balaban J connectivity index is 1.71. The van der Waals surface area contributed by atoms with Crippen LogP contribution < -0.4 is 5.32 Å². The first-order valence-corrected chi connectivity index (χ1v) is 7.08. The molecule has 1 aromatic rings. The van der Waals surface area contributed by atoms with E-state index in [0.29, 0.717) is 12.2 Å². The summed E-state index contributed by atoms with van der Waals surface area (Å²) in [6.45, 7) is 0.140. The molecule has 1 aliphatic heterocycles. The van der Waals surface area contributed by atoms with Crippen molar-refractivity contribution < 1.29 is 18.9 Å². The number of rotatable bonds is 4. The number of carbonyl (C=O) groups is 3. The van der Waals surface area contributed by atoms with E-state index in [0.717, 1.165) is 30.6 Å². The zero-order chi connectivity index (χ0) is 14.8. The van der Waals surface area contributed by atoms with Gasteiger partial charge in [0.05, 0.1) is 0 Å². The number of imide groups is 2. The van der Waals surface area contributed by atoms with E-state index in [1.165, 1.54) is 6.39 Å². The Labute approximate surface area is 120 Å². The van der Waals surface area contributed by atoms with Gasteiger partial charge in [-0.05, 0) is 18.8 Å². The molecule has 3 rings (SSSR count). The molecular weight excluding hydrogens is 276 g/mol. The number of urea groups is 1. The summed E-state index contributed by atoms with van der Waals surface area (Å²) >= 11 is 0. The number of aromatic nitrogens is 2. The van der Waals surface area contributed by atoms with Gasteiger partial charge in [0.25, 0.3) is 0 Å². The predicted octanol–water partition coefficient (Wildman–Crippen LogP) is 0.497. The molecule has 1 N–H and O–H groups in total. The molecule has 4 amide bonds. The van der Waals surface area contributed by atoms with E-state index in [2.05, 4.69) is 20.0 Å². The fraction of sp³-hybridized carbons (Fsp3) is 0.615. The van der Waals surface area contributed by atoms with E-state index in [-0.39, 0.29) is 12.5 Å². The van der Waals surface area contributed by atoms with Gasteiger partial charge in [-0.3, -0.25) is 19.8 Å². The fourth-order valence-electron chi connectivity index (χ4n) is 3.06. The second kappa shape index (κ2) is 5.63. The van der Waals surface area contributed by atoms with E-state index in [9.17, 15) is 14.4 Å². The first-order valence-electron chi connectivity index (χ1n) is 7.08. The van der Waals surface area contributed by atoms with Crippen molar-refractivity contribution >= 4 is 17.8 Å². The van der Waals surface area contributed by atoms with Gasteiger partial charge in [-0.1, -0.05) is 18.0 Å². The maximum atomic E-state index is 12.5. The van der Waals surface area contributed by atoms with Crippen molar-refractivity contribution in [2.45, 2.75) is 32.1 Å². The van der Waals surface area contributed by atoms with Crippen molar-refractivity contribution in [3.05, 3.63) is 12.2 Å². The van der Waals surface area contributed by atoms with E-state index in [1.54, 1.807) is 0 Å². The van der Waals surface area contributed by atoms with Crippen LogP contribution in [0, 0.1) is 11.8 Å². The highest BCUT2D eigenvalue weighted by Gasteiger charge is 2.45. The normalized spacial score (nSPS) is 23.7. The number of nitrogens with one attached hydrogen (secondary N) is 1. The van der Waals surface area contributed by atoms with Crippen molar-refractivity contribution in [3.8, 4) is 0 Å². The average molecular weight is 292 g/mol. The number of barbiturate groups is 1. The van der Waals surface area contributed by atoms with Crippen LogP contribution in [0.4, 0.5) is 4.79 Å². The molecule has 1 aliphatic carbocycles. The third-order valence-electron chi connectivity index (χ3n) is 4.13. The van der Waals surface area contributed by atoms with Gasteiger partial charge in [-0.15, -0.1) is 0 Å². The number of nitrogens with zero attached hydrogens (tertiary/aromatic N) is 3. The predicted molar refractivity (Wildman–Crippen MR) is 68.7 cm³/mol. The first-order chi connectivity index (χ1) is 10.2. The molecule has 8 nitrogen and oxygen atoms in total. The third-order valence-corrected chi connectivity index (χ3v) is 4.13. The Hall–Kier alpha value is -2.25. The topological polar surface area (TPSA) is 105 Å². The van der Waals surface area contributed by atoms with Crippen molar-refractivity contribution in [3.63, 3.8) is 0 Å². The molecule has 0 bridgehead atoms. The molecule has 8 heteroatoms. The molecule has 21 heavy (non-hydrogen) atoms. The molecule has 1 unspecified atom stereocenters. The molecule has 0 radical (unpaired) electrons. The zero-order valence-electron chi connectivity index (χ0n) is 11.4. The van der Waals surface area contributed by atoms with Crippen molar-refractivity contribution in [2.24, 2.45) is 11.8 Å². The Morgan fingerprint density at radius 3 is 2.71 bits per heavy atom. The van der Waals surface area contributed by atoms with Crippen LogP contribution in [0.1, 0.15) is 31.5 Å². The van der Waals surface area contributed by atoms with E-state index in [1.807, 2.05) is 0 Å². The average Bonchev–Trinajstić information content (AvgIpc) is 3.10. The monoisotopic (exact) mass is 292 g/mol. The minimum atomic E-state index is -0.740. The van der Waals surface area contributed by atoms with Gasteiger partial charge in [0, 0.05) is 13.0 Å². The second-order valence-electron chi connectivity index (χ2n) is 5.40. The minimum Gasteiger partial charge on any atom is -0.343 e. The van der Waals surface area contributed by atoms with Crippen LogP contribution >= 0.6 is 0 Å². The molecule has 2 aliphatic rings. The zero-order valence-corrected chi connectivity index (χ0v) is 11.4. The van der Waals surface area contributed by atoms with Gasteiger partial charge >= 0.3 is 6.03 Å². The summed E-state index contributed by atoms with van der Waals surface area (Å²) in [7, 11) is 0. The van der Waals surface area contributed by atoms with E-state index >= 15 is 0 Å². The Kier molecular flexibility index (Phi) is 3.68. The SMILES string of the molecule is O=C1NC(=O)N(CCc2ncon2)C(=O)C1C1CCCC1. The molecule has 2 fully saturated rings. The highest BCUT2D eigenvalue weighted by atomic mass is 16.5. The van der Waals surface area contributed by atoms with Gasteiger partial charge < -0.3 is 4.52 Å². The lowest BCUT2D eigenvalue weighted by Crippen LogP contribution is -2.59. The fourth-order valence-corrected chi connectivity index (χ4v) is 3.06. The van der Waals surface area contributed by atoms with E-state index in [4.69, 9.17) is 0 Å². The third kappa shape index (κ3) is 2.65. The van der Waals surface area contributed by atoms with Crippen LogP contribution in [0.3, 0.4) is 0 Å². The highest BCUT2D eigenvalue weighted by molar-refractivity contribution is 6.16. The summed E-state index contributed by atoms with van der Waals surface area (Å²) < 4.78 is 4.61. The van der Waals surface area contributed by atoms with Crippen molar-refractivity contribution in [1.82, 2.24) is 20.4 Å². The summed E-state index contributed by atoms with van der Waals surface area (Å²) in [6, 6.07) is -0.664. The van der Waals surface area contributed by atoms with Gasteiger partial charge in [0.2, 0.25) is 18.2 Å². The van der Waals surface area contributed by atoms with Gasteiger partial charge in [0.1, 0.15) is 5.92 Å². The Morgan fingerprint density at radius 2 is 2.05 bits per heavy atom. The first kappa shape index (κ1) is 13.7. The second-order valence-corrected chi connectivity index (χ2v) is 5.40. The molecule has 1 atom stereocenters. The summed E-state index contributed by atoms with van der Waals surface area (Å²) in [4.78, 5) is 41.2. The standard InChI is InChI=1S/C13H16N4O4/c18-11-10(8-3-1-2-4-8)12(19)17(13(20)15-11)6-5-9-14-7-21-16-9/h7-8,10H,1-6H2,(H,15,18,20). The summed E-state index contributed by atoms with van der Waals surface area (Å²) in [5, 5.41) is 5.92. The quantitative estimate of drug-likeness (QED) is 0.810. The number of carbonyl (C=O) groups excluding carboxylic acids is 3. The Morgan fingerprint density at radius 1 is 1.29 bits per heavy atom.